The van der Waals surface area contributed by atoms with Gasteiger partial charge in [-0.05, 0) is 25.1 Å². The van der Waals surface area contributed by atoms with Gasteiger partial charge in [0.1, 0.15) is 11.4 Å². The SMILES string of the molecule is CCOC(=O)c1ccnc(Oc2ccc(F)c(F)c2)c1N. The van der Waals surface area contributed by atoms with Crippen molar-refractivity contribution in [3.05, 3.63) is 47.7 Å². The fourth-order valence-corrected chi connectivity index (χ4v) is 1.57. The van der Waals surface area contributed by atoms with Crippen LogP contribution >= 0.6 is 0 Å². The van der Waals surface area contributed by atoms with Gasteiger partial charge in [-0.25, -0.2) is 18.6 Å². The predicted octanol–water partition coefficient (Wildman–Crippen LogP) is 2.91. The topological polar surface area (TPSA) is 74.4 Å². The molecule has 0 atom stereocenters. The smallest absolute Gasteiger partial charge is 0.340 e. The molecule has 2 N–H and O–H groups in total. The second kappa shape index (κ2) is 6.17. The third kappa shape index (κ3) is 3.25. The lowest BCUT2D eigenvalue weighted by molar-refractivity contribution is 0.0527. The Kier molecular flexibility index (Phi) is 4.32. The van der Waals surface area contributed by atoms with E-state index in [9.17, 15) is 13.6 Å². The summed E-state index contributed by atoms with van der Waals surface area (Å²) in [5.41, 5.74) is 5.82. The van der Waals surface area contributed by atoms with Gasteiger partial charge in [-0.2, -0.15) is 0 Å². The zero-order valence-electron chi connectivity index (χ0n) is 11.1. The van der Waals surface area contributed by atoms with Gasteiger partial charge in [-0.15, -0.1) is 0 Å². The van der Waals surface area contributed by atoms with Crippen LogP contribution in [0.1, 0.15) is 17.3 Å². The third-order valence-electron chi connectivity index (χ3n) is 2.55. The molecular weight excluding hydrogens is 282 g/mol. The minimum absolute atomic E-state index is 0.00843. The van der Waals surface area contributed by atoms with E-state index in [-0.39, 0.29) is 29.5 Å². The Hall–Kier alpha value is -2.70. The number of nitrogen functional groups attached to an aromatic ring is 1. The number of hydrogen-bond acceptors (Lipinski definition) is 5. The molecule has 0 radical (unpaired) electrons. The molecule has 0 amide bonds. The molecule has 0 aliphatic carbocycles. The zero-order valence-corrected chi connectivity index (χ0v) is 11.1. The molecule has 1 aromatic heterocycles. The van der Waals surface area contributed by atoms with Gasteiger partial charge in [0.25, 0.3) is 0 Å². The number of ether oxygens (including phenoxy) is 2. The second-order valence-electron chi connectivity index (χ2n) is 3.98. The van der Waals surface area contributed by atoms with Gasteiger partial charge in [0.15, 0.2) is 11.6 Å². The van der Waals surface area contributed by atoms with Crippen LogP contribution in [0, 0.1) is 11.6 Å². The van der Waals surface area contributed by atoms with Crippen LogP contribution in [0.5, 0.6) is 11.6 Å². The number of aromatic nitrogens is 1. The molecule has 0 aliphatic rings. The summed E-state index contributed by atoms with van der Waals surface area (Å²) in [5.74, 6) is -2.76. The molecule has 7 heteroatoms. The van der Waals surface area contributed by atoms with E-state index >= 15 is 0 Å². The molecule has 0 bridgehead atoms. The predicted molar refractivity (Wildman–Crippen MR) is 71.0 cm³/mol. The van der Waals surface area contributed by atoms with E-state index in [1.807, 2.05) is 0 Å². The van der Waals surface area contributed by atoms with Gasteiger partial charge in [0.2, 0.25) is 5.88 Å². The van der Waals surface area contributed by atoms with Crippen LogP contribution in [0.4, 0.5) is 14.5 Å². The van der Waals surface area contributed by atoms with Crippen LogP contribution in [0.2, 0.25) is 0 Å². The summed E-state index contributed by atoms with van der Waals surface area (Å²) < 4.78 is 36.0. The lowest BCUT2D eigenvalue weighted by Crippen LogP contribution is -2.09. The van der Waals surface area contributed by atoms with E-state index < -0.39 is 17.6 Å². The third-order valence-corrected chi connectivity index (χ3v) is 2.55. The molecule has 0 unspecified atom stereocenters. The summed E-state index contributed by atoms with van der Waals surface area (Å²) in [6.07, 6.45) is 1.30. The molecule has 21 heavy (non-hydrogen) atoms. The van der Waals surface area contributed by atoms with E-state index in [1.165, 1.54) is 18.3 Å². The molecule has 0 saturated heterocycles. The van der Waals surface area contributed by atoms with E-state index in [0.717, 1.165) is 12.1 Å². The van der Waals surface area contributed by atoms with Gasteiger partial charge < -0.3 is 15.2 Å². The number of pyridine rings is 1. The first kappa shape index (κ1) is 14.7. The number of rotatable bonds is 4. The summed E-state index contributed by atoms with van der Waals surface area (Å²) in [5, 5.41) is 0. The Morgan fingerprint density at radius 3 is 2.71 bits per heavy atom. The number of carbonyl (C=O) groups is 1. The number of hydrogen-bond donors (Lipinski definition) is 1. The maximum atomic E-state index is 13.1. The highest BCUT2D eigenvalue weighted by atomic mass is 19.2. The summed E-state index contributed by atoms with van der Waals surface area (Å²) in [6, 6.07) is 4.37. The van der Waals surface area contributed by atoms with Crippen molar-refractivity contribution in [2.75, 3.05) is 12.3 Å². The summed E-state index contributed by atoms with van der Waals surface area (Å²) >= 11 is 0. The number of halogens is 2. The lowest BCUT2D eigenvalue weighted by atomic mass is 10.2. The van der Waals surface area contributed by atoms with Crippen LogP contribution in [0.3, 0.4) is 0 Å². The van der Waals surface area contributed by atoms with Gasteiger partial charge >= 0.3 is 5.97 Å². The molecule has 5 nitrogen and oxygen atoms in total. The Morgan fingerprint density at radius 1 is 1.29 bits per heavy atom. The molecule has 110 valence electrons. The van der Waals surface area contributed by atoms with Crippen LogP contribution in [-0.2, 0) is 4.74 Å². The number of esters is 1. The number of anilines is 1. The standard InChI is InChI=1S/C14H12F2N2O3/c1-2-20-14(19)9-5-6-18-13(12(9)17)21-8-3-4-10(15)11(16)7-8/h3-7H,2,17H2,1H3. The minimum Gasteiger partial charge on any atom is -0.462 e. The highest BCUT2D eigenvalue weighted by Crippen LogP contribution is 2.28. The maximum absolute atomic E-state index is 13.1. The summed E-state index contributed by atoms with van der Waals surface area (Å²) in [4.78, 5) is 15.5. The Morgan fingerprint density at radius 2 is 2.05 bits per heavy atom. The van der Waals surface area contributed by atoms with Crippen LogP contribution < -0.4 is 10.5 Å². The van der Waals surface area contributed by atoms with Gasteiger partial charge in [-0.1, -0.05) is 0 Å². The van der Waals surface area contributed by atoms with Crippen LogP contribution in [0.25, 0.3) is 0 Å². The fourth-order valence-electron chi connectivity index (χ4n) is 1.57. The highest BCUT2D eigenvalue weighted by Gasteiger charge is 2.16. The number of nitrogens with zero attached hydrogens (tertiary/aromatic N) is 1. The Bertz CT molecular complexity index is 677. The molecule has 0 spiro atoms. The van der Waals surface area contributed by atoms with E-state index in [2.05, 4.69) is 4.98 Å². The minimum atomic E-state index is -1.06. The number of nitrogens with two attached hydrogens (primary N) is 1. The molecule has 1 heterocycles. The van der Waals surface area contributed by atoms with Crippen molar-refractivity contribution in [3.8, 4) is 11.6 Å². The van der Waals surface area contributed by atoms with E-state index in [0.29, 0.717) is 0 Å². The molecule has 0 saturated carbocycles. The quantitative estimate of drug-likeness (QED) is 0.878. The average molecular weight is 294 g/mol. The summed E-state index contributed by atoms with van der Waals surface area (Å²) in [6.45, 7) is 1.86. The van der Waals surface area contributed by atoms with Crippen molar-refractivity contribution in [3.63, 3.8) is 0 Å². The second-order valence-corrected chi connectivity index (χ2v) is 3.98. The first-order valence-corrected chi connectivity index (χ1v) is 6.07. The monoisotopic (exact) mass is 294 g/mol. The van der Waals surface area contributed by atoms with Crippen LogP contribution in [0.15, 0.2) is 30.5 Å². The molecular formula is C14H12F2N2O3. The molecule has 0 aliphatic heterocycles. The fraction of sp³-hybridized carbons (Fsp3) is 0.143. The molecule has 1 aromatic carbocycles. The molecule has 0 fully saturated rings. The van der Waals surface area contributed by atoms with Gasteiger partial charge in [0, 0.05) is 12.3 Å². The average Bonchev–Trinajstić information content (AvgIpc) is 2.45. The van der Waals surface area contributed by atoms with Crippen LogP contribution in [-0.4, -0.2) is 17.6 Å². The number of carbonyl (C=O) groups excluding carboxylic acids is 1. The first-order valence-electron chi connectivity index (χ1n) is 6.07. The summed E-state index contributed by atoms with van der Waals surface area (Å²) in [7, 11) is 0. The van der Waals surface area contributed by atoms with Crippen molar-refractivity contribution in [1.29, 1.82) is 0 Å². The Balaban J connectivity index is 2.30. The van der Waals surface area contributed by atoms with E-state index in [4.69, 9.17) is 15.2 Å². The van der Waals surface area contributed by atoms with E-state index in [1.54, 1.807) is 6.92 Å². The van der Waals surface area contributed by atoms with Crippen molar-refractivity contribution in [2.24, 2.45) is 0 Å². The molecule has 2 aromatic rings. The lowest BCUT2D eigenvalue weighted by Gasteiger charge is -2.10. The normalized spacial score (nSPS) is 10.2. The van der Waals surface area contributed by atoms with Gasteiger partial charge in [0.05, 0.1) is 12.2 Å². The molecule has 2 rings (SSSR count). The number of benzene rings is 1. The van der Waals surface area contributed by atoms with Crippen molar-refractivity contribution in [1.82, 2.24) is 4.98 Å². The Labute approximate surface area is 119 Å². The zero-order chi connectivity index (χ0) is 15.4. The van der Waals surface area contributed by atoms with Gasteiger partial charge in [-0.3, -0.25) is 0 Å². The van der Waals surface area contributed by atoms with Crippen molar-refractivity contribution < 1.29 is 23.0 Å². The maximum Gasteiger partial charge on any atom is 0.340 e. The van der Waals surface area contributed by atoms with Crippen molar-refractivity contribution in [2.45, 2.75) is 6.92 Å². The largest absolute Gasteiger partial charge is 0.462 e. The highest BCUT2D eigenvalue weighted by molar-refractivity contribution is 5.96. The first-order chi connectivity index (χ1) is 10.0. The van der Waals surface area contributed by atoms with Crippen molar-refractivity contribution >= 4 is 11.7 Å².